The van der Waals surface area contributed by atoms with Gasteiger partial charge in [0.1, 0.15) is 11.6 Å². The number of furan rings is 1. The summed E-state index contributed by atoms with van der Waals surface area (Å²) in [6, 6.07) is 14.6. The van der Waals surface area contributed by atoms with Gasteiger partial charge in [-0.05, 0) is 55.0 Å². The van der Waals surface area contributed by atoms with E-state index in [0.29, 0.717) is 29.7 Å². The van der Waals surface area contributed by atoms with Crippen LogP contribution in [0.2, 0.25) is 5.02 Å². The normalized spacial score (nSPS) is 10.8. The fraction of sp³-hybridized carbons (Fsp3) is 0.143. The van der Waals surface area contributed by atoms with E-state index in [2.05, 4.69) is 15.1 Å². The molecule has 0 N–H and O–H groups in total. The molecule has 7 nitrogen and oxygen atoms in total. The van der Waals surface area contributed by atoms with E-state index in [9.17, 15) is 4.79 Å². The number of hydrogen-bond donors (Lipinski definition) is 0. The molecular formula is C21H18ClN5O2. The summed E-state index contributed by atoms with van der Waals surface area (Å²) in [5.74, 6) is 1.11. The topological polar surface area (TPSA) is 77.1 Å². The average Bonchev–Trinajstić information content (AvgIpc) is 3.38. The van der Waals surface area contributed by atoms with E-state index in [1.165, 1.54) is 0 Å². The first-order valence-corrected chi connectivity index (χ1v) is 9.38. The maximum atomic E-state index is 13.2. The molecule has 0 radical (unpaired) electrons. The number of carbonyl (C=O) groups is 1. The van der Waals surface area contributed by atoms with Crippen LogP contribution in [-0.4, -0.2) is 30.6 Å². The van der Waals surface area contributed by atoms with Gasteiger partial charge in [-0.15, -0.1) is 5.10 Å². The summed E-state index contributed by atoms with van der Waals surface area (Å²) in [7, 11) is 0. The van der Waals surface area contributed by atoms with Crippen molar-refractivity contribution in [2.24, 2.45) is 0 Å². The molecule has 0 saturated heterocycles. The molecule has 8 heteroatoms. The van der Waals surface area contributed by atoms with Crippen LogP contribution in [0, 0.1) is 6.92 Å². The molecular weight excluding hydrogens is 390 g/mol. The Balaban J connectivity index is 1.63. The number of hydrogen-bond acceptors (Lipinski definition) is 5. The van der Waals surface area contributed by atoms with E-state index >= 15 is 0 Å². The van der Waals surface area contributed by atoms with Crippen molar-refractivity contribution in [1.29, 1.82) is 0 Å². The van der Waals surface area contributed by atoms with Crippen LogP contribution in [0.5, 0.6) is 0 Å². The maximum Gasteiger partial charge on any atom is 0.294 e. The lowest BCUT2D eigenvalue weighted by molar-refractivity contribution is 0.0705. The Morgan fingerprint density at radius 1 is 1.14 bits per heavy atom. The highest BCUT2D eigenvalue weighted by atomic mass is 35.5. The van der Waals surface area contributed by atoms with E-state index in [1.54, 1.807) is 53.4 Å². The second-order valence-electron chi connectivity index (χ2n) is 6.47. The zero-order valence-electron chi connectivity index (χ0n) is 15.7. The smallest absolute Gasteiger partial charge is 0.294 e. The molecule has 146 valence electrons. The summed E-state index contributed by atoms with van der Waals surface area (Å²) in [5, 5.41) is 5.06. The molecule has 0 aliphatic heterocycles. The standard InChI is InChI=1S/C21H18ClN5O2/c1-15-24-20(25-27(15)18-8-6-17(22)7-9-18)21(28)26(14-19-5-3-11-29-19)13-16-4-2-10-23-12-16/h2-12H,13-14H2,1H3. The van der Waals surface area contributed by atoms with Gasteiger partial charge in [-0.2, -0.15) is 0 Å². The van der Waals surface area contributed by atoms with E-state index in [1.807, 2.05) is 30.3 Å². The second-order valence-corrected chi connectivity index (χ2v) is 6.91. The van der Waals surface area contributed by atoms with Gasteiger partial charge in [0.2, 0.25) is 5.82 Å². The fourth-order valence-electron chi connectivity index (χ4n) is 2.95. The summed E-state index contributed by atoms with van der Waals surface area (Å²) in [4.78, 5) is 23.4. The molecule has 0 saturated carbocycles. The van der Waals surface area contributed by atoms with Gasteiger partial charge in [-0.25, -0.2) is 9.67 Å². The molecule has 1 aromatic carbocycles. The number of carbonyl (C=O) groups excluding carboxylic acids is 1. The number of benzene rings is 1. The molecule has 1 amide bonds. The zero-order valence-corrected chi connectivity index (χ0v) is 16.5. The highest BCUT2D eigenvalue weighted by Gasteiger charge is 2.23. The molecule has 0 fully saturated rings. The molecule has 3 heterocycles. The summed E-state index contributed by atoms with van der Waals surface area (Å²) >= 11 is 5.96. The quantitative estimate of drug-likeness (QED) is 0.481. The molecule has 0 aliphatic carbocycles. The summed E-state index contributed by atoms with van der Waals surface area (Å²) < 4.78 is 7.05. The SMILES string of the molecule is Cc1nc(C(=O)N(Cc2cccnc2)Cc2ccco2)nn1-c1ccc(Cl)cc1. The largest absolute Gasteiger partial charge is 0.467 e. The van der Waals surface area contributed by atoms with E-state index in [-0.39, 0.29) is 11.7 Å². The molecule has 29 heavy (non-hydrogen) atoms. The Labute approximate surface area is 172 Å². The molecule has 0 unspecified atom stereocenters. The highest BCUT2D eigenvalue weighted by Crippen LogP contribution is 2.17. The summed E-state index contributed by atoms with van der Waals surface area (Å²) in [5.41, 5.74) is 1.68. The predicted molar refractivity (Wildman–Crippen MR) is 108 cm³/mol. The lowest BCUT2D eigenvalue weighted by atomic mass is 10.2. The zero-order chi connectivity index (χ0) is 20.2. The van der Waals surface area contributed by atoms with Gasteiger partial charge in [0.15, 0.2) is 0 Å². The third kappa shape index (κ3) is 4.35. The van der Waals surface area contributed by atoms with Gasteiger partial charge < -0.3 is 9.32 Å². The van der Waals surface area contributed by atoms with E-state index < -0.39 is 0 Å². The monoisotopic (exact) mass is 407 g/mol. The van der Waals surface area contributed by atoms with Gasteiger partial charge >= 0.3 is 0 Å². The van der Waals surface area contributed by atoms with Gasteiger partial charge in [0, 0.05) is 24.0 Å². The molecule has 4 rings (SSSR count). The van der Waals surface area contributed by atoms with Crippen molar-refractivity contribution in [3.05, 3.63) is 95.2 Å². The Morgan fingerprint density at radius 3 is 2.66 bits per heavy atom. The molecule has 0 atom stereocenters. The van der Waals surface area contributed by atoms with Crippen molar-refractivity contribution < 1.29 is 9.21 Å². The third-order valence-corrected chi connectivity index (χ3v) is 4.59. The first-order valence-electron chi connectivity index (χ1n) is 9.00. The van der Waals surface area contributed by atoms with Crippen molar-refractivity contribution in [2.45, 2.75) is 20.0 Å². The molecule has 4 aromatic rings. The minimum Gasteiger partial charge on any atom is -0.467 e. The van der Waals surface area contributed by atoms with Gasteiger partial charge in [0.25, 0.3) is 5.91 Å². The average molecular weight is 408 g/mol. The Kier molecular flexibility index (Phi) is 5.39. The van der Waals surface area contributed by atoms with Crippen molar-refractivity contribution in [3.63, 3.8) is 0 Å². The number of rotatable bonds is 6. The second kappa shape index (κ2) is 8.28. The fourth-order valence-corrected chi connectivity index (χ4v) is 3.08. The lowest BCUT2D eigenvalue weighted by Gasteiger charge is -2.20. The van der Waals surface area contributed by atoms with Crippen molar-refractivity contribution in [2.75, 3.05) is 0 Å². The van der Waals surface area contributed by atoms with Crippen LogP contribution in [0.25, 0.3) is 5.69 Å². The van der Waals surface area contributed by atoms with Crippen LogP contribution < -0.4 is 0 Å². The van der Waals surface area contributed by atoms with Crippen LogP contribution in [0.1, 0.15) is 27.8 Å². The number of aromatic nitrogens is 4. The third-order valence-electron chi connectivity index (χ3n) is 4.34. The van der Waals surface area contributed by atoms with Crippen molar-refractivity contribution >= 4 is 17.5 Å². The first kappa shape index (κ1) is 18.9. The van der Waals surface area contributed by atoms with Gasteiger partial charge in [-0.1, -0.05) is 17.7 Å². The predicted octanol–water partition coefficient (Wildman–Crippen LogP) is 4.06. The number of halogens is 1. The molecule has 0 aliphatic rings. The van der Waals surface area contributed by atoms with Crippen molar-refractivity contribution in [1.82, 2.24) is 24.6 Å². The minimum absolute atomic E-state index is 0.118. The van der Waals surface area contributed by atoms with Crippen molar-refractivity contribution in [3.8, 4) is 5.69 Å². The Bertz CT molecular complexity index is 1090. The number of nitrogens with zero attached hydrogens (tertiary/aromatic N) is 5. The van der Waals surface area contributed by atoms with Crippen LogP contribution >= 0.6 is 11.6 Å². The van der Waals surface area contributed by atoms with Gasteiger partial charge in [-0.3, -0.25) is 9.78 Å². The molecule has 3 aromatic heterocycles. The number of amides is 1. The van der Waals surface area contributed by atoms with E-state index in [0.717, 1.165) is 11.3 Å². The Hall–Kier alpha value is -3.45. The maximum absolute atomic E-state index is 13.2. The van der Waals surface area contributed by atoms with Crippen LogP contribution in [0.15, 0.2) is 71.6 Å². The summed E-state index contributed by atoms with van der Waals surface area (Å²) in [6.07, 6.45) is 5.01. The lowest BCUT2D eigenvalue weighted by Crippen LogP contribution is -2.31. The van der Waals surface area contributed by atoms with Crippen LogP contribution in [0.3, 0.4) is 0 Å². The van der Waals surface area contributed by atoms with Crippen LogP contribution in [-0.2, 0) is 13.1 Å². The molecule has 0 bridgehead atoms. The first-order chi connectivity index (χ1) is 14.1. The number of aryl methyl sites for hydroxylation is 1. The van der Waals surface area contributed by atoms with Gasteiger partial charge in [0.05, 0.1) is 18.5 Å². The van der Waals surface area contributed by atoms with Crippen LogP contribution in [0.4, 0.5) is 0 Å². The Morgan fingerprint density at radius 2 is 1.97 bits per heavy atom. The highest BCUT2D eigenvalue weighted by molar-refractivity contribution is 6.30. The summed E-state index contributed by atoms with van der Waals surface area (Å²) in [6.45, 7) is 2.47. The number of pyridine rings is 1. The molecule has 0 spiro atoms. The van der Waals surface area contributed by atoms with E-state index in [4.69, 9.17) is 16.0 Å². The minimum atomic E-state index is -0.291.